The van der Waals surface area contributed by atoms with E-state index >= 15 is 0 Å². The van der Waals surface area contributed by atoms with Gasteiger partial charge in [0.1, 0.15) is 11.2 Å². The van der Waals surface area contributed by atoms with Gasteiger partial charge < -0.3 is 4.42 Å². The van der Waals surface area contributed by atoms with Gasteiger partial charge in [-0.05, 0) is 30.3 Å². The molecular formula is C15H13BrO2. The van der Waals surface area contributed by atoms with Crippen LogP contribution in [0, 0.1) is 0 Å². The second-order valence-electron chi connectivity index (χ2n) is 3.57. The molecule has 0 aliphatic rings. The van der Waals surface area contributed by atoms with Crippen LogP contribution in [0.1, 0.15) is 13.8 Å². The van der Waals surface area contributed by atoms with Crippen LogP contribution < -0.4 is 5.43 Å². The van der Waals surface area contributed by atoms with Crippen LogP contribution in [0.2, 0.25) is 0 Å². The molecule has 2 nitrogen and oxygen atoms in total. The van der Waals surface area contributed by atoms with Crippen molar-refractivity contribution in [3.63, 3.8) is 0 Å². The first-order valence-corrected chi connectivity index (χ1v) is 6.66. The lowest BCUT2D eigenvalue weighted by Crippen LogP contribution is -2.01. The molecule has 0 atom stereocenters. The molecular weight excluding hydrogens is 292 g/mol. The third-order valence-corrected chi connectivity index (χ3v) is 3.03. The zero-order valence-corrected chi connectivity index (χ0v) is 11.8. The van der Waals surface area contributed by atoms with Crippen LogP contribution in [0.3, 0.4) is 0 Å². The van der Waals surface area contributed by atoms with E-state index in [1.807, 2.05) is 38.1 Å². The number of fused-ring (bicyclic) bond motifs is 2. The fourth-order valence-corrected chi connectivity index (χ4v) is 2.12. The Morgan fingerprint density at radius 1 is 0.944 bits per heavy atom. The van der Waals surface area contributed by atoms with E-state index in [-0.39, 0.29) is 5.43 Å². The molecule has 0 amide bonds. The van der Waals surface area contributed by atoms with Gasteiger partial charge in [0.25, 0.3) is 0 Å². The van der Waals surface area contributed by atoms with Crippen LogP contribution in [0.25, 0.3) is 21.9 Å². The molecule has 2 aromatic carbocycles. The molecule has 1 heterocycles. The Hall–Kier alpha value is -1.61. The third-order valence-electron chi connectivity index (χ3n) is 2.54. The highest BCUT2D eigenvalue weighted by molar-refractivity contribution is 9.10. The van der Waals surface area contributed by atoms with E-state index in [4.69, 9.17) is 4.42 Å². The van der Waals surface area contributed by atoms with Gasteiger partial charge in [-0.15, -0.1) is 0 Å². The number of hydrogen-bond donors (Lipinski definition) is 0. The summed E-state index contributed by atoms with van der Waals surface area (Å²) in [5.74, 6) is 0. The third kappa shape index (κ3) is 2.18. The molecule has 1 aromatic heterocycles. The Labute approximate surface area is 113 Å². The first-order chi connectivity index (χ1) is 8.75. The quantitative estimate of drug-likeness (QED) is 0.562. The highest BCUT2D eigenvalue weighted by Crippen LogP contribution is 2.21. The van der Waals surface area contributed by atoms with Crippen LogP contribution >= 0.6 is 15.9 Å². The fraction of sp³-hybridized carbons (Fsp3) is 0.133. The molecule has 0 aliphatic heterocycles. The maximum absolute atomic E-state index is 12.1. The standard InChI is InChI=1S/C13H7BrO2.C2H6/c14-8-5-6-10-12(7-8)16-11-4-2-1-3-9(11)13(10)15;1-2/h1-7H;1-2H3. The van der Waals surface area contributed by atoms with Crippen molar-refractivity contribution in [3.05, 3.63) is 57.2 Å². The average molecular weight is 305 g/mol. The summed E-state index contributed by atoms with van der Waals surface area (Å²) in [5.41, 5.74) is 1.25. The molecule has 3 rings (SSSR count). The van der Waals surface area contributed by atoms with Gasteiger partial charge in [0.15, 0.2) is 0 Å². The van der Waals surface area contributed by atoms with Crippen molar-refractivity contribution in [2.45, 2.75) is 13.8 Å². The van der Waals surface area contributed by atoms with E-state index in [0.29, 0.717) is 21.9 Å². The summed E-state index contributed by atoms with van der Waals surface area (Å²) in [6.07, 6.45) is 0. The average Bonchev–Trinajstić information content (AvgIpc) is 2.41. The molecule has 0 spiro atoms. The monoisotopic (exact) mass is 304 g/mol. The summed E-state index contributed by atoms with van der Waals surface area (Å²) in [6, 6.07) is 12.7. The zero-order valence-electron chi connectivity index (χ0n) is 10.2. The molecule has 3 heteroatoms. The normalized spacial score (nSPS) is 10.2. The van der Waals surface area contributed by atoms with Gasteiger partial charge in [0.05, 0.1) is 10.8 Å². The maximum atomic E-state index is 12.1. The van der Waals surface area contributed by atoms with E-state index in [1.165, 1.54) is 0 Å². The van der Waals surface area contributed by atoms with Crippen molar-refractivity contribution in [3.8, 4) is 0 Å². The lowest BCUT2D eigenvalue weighted by atomic mass is 10.1. The summed E-state index contributed by atoms with van der Waals surface area (Å²) in [7, 11) is 0. The van der Waals surface area contributed by atoms with Gasteiger partial charge in [-0.1, -0.05) is 41.9 Å². The van der Waals surface area contributed by atoms with Gasteiger partial charge >= 0.3 is 0 Å². The van der Waals surface area contributed by atoms with Crippen molar-refractivity contribution >= 4 is 37.9 Å². The van der Waals surface area contributed by atoms with Gasteiger partial charge in [-0.2, -0.15) is 0 Å². The van der Waals surface area contributed by atoms with E-state index in [2.05, 4.69) is 15.9 Å². The Morgan fingerprint density at radius 3 is 2.39 bits per heavy atom. The molecule has 0 unspecified atom stereocenters. The molecule has 0 bridgehead atoms. The largest absolute Gasteiger partial charge is 0.456 e. The Balaban J connectivity index is 0.000000574. The van der Waals surface area contributed by atoms with E-state index in [9.17, 15) is 4.79 Å². The van der Waals surface area contributed by atoms with Crippen molar-refractivity contribution in [1.82, 2.24) is 0 Å². The maximum Gasteiger partial charge on any atom is 0.200 e. The minimum absolute atomic E-state index is 0.0179. The van der Waals surface area contributed by atoms with Crippen LogP contribution in [-0.4, -0.2) is 0 Å². The van der Waals surface area contributed by atoms with Crippen molar-refractivity contribution in [2.24, 2.45) is 0 Å². The molecule has 0 saturated heterocycles. The predicted octanol–water partition coefficient (Wildman–Crippen LogP) is 4.73. The number of para-hydroxylation sites is 1. The van der Waals surface area contributed by atoms with Gasteiger partial charge in [0, 0.05) is 4.47 Å². The molecule has 0 saturated carbocycles. The van der Waals surface area contributed by atoms with Crippen molar-refractivity contribution < 1.29 is 4.42 Å². The smallest absolute Gasteiger partial charge is 0.200 e. The second-order valence-corrected chi connectivity index (χ2v) is 4.48. The Morgan fingerprint density at radius 2 is 1.61 bits per heavy atom. The fourth-order valence-electron chi connectivity index (χ4n) is 1.77. The summed E-state index contributed by atoms with van der Waals surface area (Å²) in [5, 5.41) is 1.24. The van der Waals surface area contributed by atoms with Crippen LogP contribution in [0.4, 0.5) is 0 Å². The van der Waals surface area contributed by atoms with Crippen molar-refractivity contribution in [1.29, 1.82) is 0 Å². The first-order valence-electron chi connectivity index (χ1n) is 5.87. The van der Waals surface area contributed by atoms with E-state index < -0.39 is 0 Å². The zero-order chi connectivity index (χ0) is 13.1. The predicted molar refractivity (Wildman–Crippen MR) is 79.0 cm³/mol. The summed E-state index contributed by atoms with van der Waals surface area (Å²) < 4.78 is 6.58. The number of halogens is 1. The first kappa shape index (κ1) is 12.8. The SMILES string of the molecule is CC.O=c1c2ccccc2oc2cc(Br)ccc12. The molecule has 18 heavy (non-hydrogen) atoms. The van der Waals surface area contributed by atoms with Crippen LogP contribution in [-0.2, 0) is 0 Å². The number of rotatable bonds is 0. The number of hydrogen-bond acceptors (Lipinski definition) is 2. The Kier molecular flexibility index (Phi) is 3.82. The summed E-state index contributed by atoms with van der Waals surface area (Å²) >= 11 is 3.36. The second kappa shape index (κ2) is 5.36. The van der Waals surface area contributed by atoms with Gasteiger partial charge in [-0.25, -0.2) is 0 Å². The molecule has 0 fully saturated rings. The van der Waals surface area contributed by atoms with E-state index in [0.717, 1.165) is 4.47 Å². The van der Waals surface area contributed by atoms with E-state index in [1.54, 1.807) is 18.2 Å². The van der Waals surface area contributed by atoms with Crippen LogP contribution in [0.15, 0.2) is 56.1 Å². The molecule has 0 radical (unpaired) electrons. The highest BCUT2D eigenvalue weighted by Gasteiger charge is 2.06. The minimum atomic E-state index is 0.0179. The molecule has 0 N–H and O–H groups in total. The Bertz CT molecular complexity index is 744. The topological polar surface area (TPSA) is 30.2 Å². The number of benzene rings is 2. The lowest BCUT2D eigenvalue weighted by molar-refractivity contribution is 0.659. The lowest BCUT2D eigenvalue weighted by Gasteiger charge is -2.00. The van der Waals surface area contributed by atoms with Crippen LogP contribution in [0.5, 0.6) is 0 Å². The molecule has 92 valence electrons. The summed E-state index contributed by atoms with van der Waals surface area (Å²) in [6.45, 7) is 4.00. The minimum Gasteiger partial charge on any atom is -0.456 e. The highest BCUT2D eigenvalue weighted by atomic mass is 79.9. The molecule has 3 aromatic rings. The molecule has 0 aliphatic carbocycles. The van der Waals surface area contributed by atoms with Gasteiger partial charge in [-0.3, -0.25) is 4.79 Å². The summed E-state index contributed by atoms with van der Waals surface area (Å²) in [4.78, 5) is 12.1. The van der Waals surface area contributed by atoms with Gasteiger partial charge in [0.2, 0.25) is 5.43 Å². The van der Waals surface area contributed by atoms with Crippen molar-refractivity contribution in [2.75, 3.05) is 0 Å².